The van der Waals surface area contributed by atoms with E-state index in [2.05, 4.69) is 10.2 Å². The molecule has 3 saturated heterocycles. The molecular weight excluding hydrogens is 304 g/mol. The standard InChI is InChI=1S/C15H24N2O6/c1-12(2)19-6-8(21-12)9-15(7-14(5,18)16-17-15)10-11(20-9)23-13(3,4)22-10/h8-11,18H,6-7H2,1-5H3/t8-,9-,10+,11-,14-,15-/m1/s1. The third-order valence-electron chi connectivity index (χ3n) is 4.76. The first-order valence-electron chi connectivity index (χ1n) is 8.01. The average Bonchev–Trinajstić information content (AvgIpc) is 3.06. The predicted octanol–water partition coefficient (Wildman–Crippen LogP) is 1.32. The van der Waals surface area contributed by atoms with E-state index in [9.17, 15) is 5.11 Å². The minimum Gasteiger partial charge on any atom is -0.368 e. The minimum atomic E-state index is -1.25. The monoisotopic (exact) mass is 328 g/mol. The first-order valence-corrected chi connectivity index (χ1v) is 8.01. The Balaban J connectivity index is 1.67. The maximum absolute atomic E-state index is 10.3. The lowest BCUT2D eigenvalue weighted by molar-refractivity contribution is -0.229. The molecule has 1 N–H and O–H groups in total. The van der Waals surface area contributed by atoms with Gasteiger partial charge < -0.3 is 28.8 Å². The Labute approximate surface area is 135 Å². The van der Waals surface area contributed by atoms with Crippen LogP contribution in [0.2, 0.25) is 0 Å². The van der Waals surface area contributed by atoms with E-state index in [1.165, 1.54) is 0 Å². The van der Waals surface area contributed by atoms with Crippen molar-refractivity contribution in [1.82, 2.24) is 0 Å². The van der Waals surface area contributed by atoms with Gasteiger partial charge in [0.05, 0.1) is 6.61 Å². The number of hydrogen-bond acceptors (Lipinski definition) is 8. The van der Waals surface area contributed by atoms with Crippen LogP contribution in [0.3, 0.4) is 0 Å². The van der Waals surface area contributed by atoms with Crippen LogP contribution in [-0.4, -0.2) is 59.2 Å². The third kappa shape index (κ3) is 2.43. The van der Waals surface area contributed by atoms with Gasteiger partial charge in [0, 0.05) is 6.42 Å². The zero-order valence-electron chi connectivity index (χ0n) is 14.1. The number of ether oxygens (including phenoxy) is 5. The van der Waals surface area contributed by atoms with Crippen LogP contribution >= 0.6 is 0 Å². The summed E-state index contributed by atoms with van der Waals surface area (Å²) in [5.74, 6) is -1.43. The fraction of sp³-hybridized carbons (Fsp3) is 1.00. The van der Waals surface area contributed by atoms with Crippen molar-refractivity contribution >= 4 is 0 Å². The summed E-state index contributed by atoms with van der Waals surface area (Å²) >= 11 is 0. The Morgan fingerprint density at radius 1 is 0.913 bits per heavy atom. The van der Waals surface area contributed by atoms with E-state index >= 15 is 0 Å². The van der Waals surface area contributed by atoms with Gasteiger partial charge >= 0.3 is 0 Å². The highest BCUT2D eigenvalue weighted by atomic mass is 16.8. The zero-order chi connectivity index (χ0) is 16.7. The summed E-state index contributed by atoms with van der Waals surface area (Å²) in [5, 5.41) is 18.8. The quantitative estimate of drug-likeness (QED) is 0.780. The molecule has 3 fully saturated rings. The number of nitrogens with zero attached hydrogens (tertiary/aromatic N) is 2. The molecule has 4 aliphatic heterocycles. The molecule has 6 atom stereocenters. The van der Waals surface area contributed by atoms with Crippen molar-refractivity contribution in [2.45, 2.75) is 88.5 Å². The molecule has 0 saturated carbocycles. The predicted molar refractivity (Wildman–Crippen MR) is 76.4 cm³/mol. The van der Waals surface area contributed by atoms with Crippen LogP contribution in [0, 0.1) is 0 Å². The van der Waals surface area contributed by atoms with Crippen LogP contribution in [0.15, 0.2) is 10.2 Å². The largest absolute Gasteiger partial charge is 0.368 e. The lowest BCUT2D eigenvalue weighted by atomic mass is 9.81. The molecule has 0 aliphatic carbocycles. The van der Waals surface area contributed by atoms with Crippen molar-refractivity contribution in [3.05, 3.63) is 0 Å². The van der Waals surface area contributed by atoms with E-state index < -0.39 is 41.3 Å². The second-order valence-corrected chi connectivity index (χ2v) is 7.93. The fourth-order valence-corrected chi connectivity index (χ4v) is 3.99. The van der Waals surface area contributed by atoms with E-state index in [4.69, 9.17) is 23.7 Å². The molecule has 0 amide bonds. The van der Waals surface area contributed by atoms with Crippen molar-refractivity contribution in [3.63, 3.8) is 0 Å². The fourth-order valence-electron chi connectivity index (χ4n) is 3.99. The van der Waals surface area contributed by atoms with Crippen LogP contribution in [0.1, 0.15) is 41.0 Å². The molecule has 8 nitrogen and oxygen atoms in total. The van der Waals surface area contributed by atoms with E-state index in [1.54, 1.807) is 6.92 Å². The molecule has 23 heavy (non-hydrogen) atoms. The van der Waals surface area contributed by atoms with Crippen LogP contribution in [-0.2, 0) is 23.7 Å². The molecule has 130 valence electrons. The van der Waals surface area contributed by atoms with Gasteiger partial charge in [0.1, 0.15) is 23.9 Å². The highest BCUT2D eigenvalue weighted by Crippen LogP contribution is 2.53. The second-order valence-electron chi connectivity index (χ2n) is 7.93. The Morgan fingerprint density at radius 3 is 2.22 bits per heavy atom. The van der Waals surface area contributed by atoms with Crippen LogP contribution in [0.25, 0.3) is 0 Å². The number of aliphatic hydroxyl groups is 1. The van der Waals surface area contributed by atoms with Crippen molar-refractivity contribution in [3.8, 4) is 0 Å². The van der Waals surface area contributed by atoms with Gasteiger partial charge in [-0.2, -0.15) is 10.2 Å². The van der Waals surface area contributed by atoms with E-state index in [0.717, 1.165) is 0 Å². The van der Waals surface area contributed by atoms with Crippen LogP contribution < -0.4 is 0 Å². The molecule has 0 aromatic heterocycles. The Kier molecular flexibility index (Phi) is 3.10. The molecule has 4 aliphatic rings. The van der Waals surface area contributed by atoms with Crippen LogP contribution in [0.5, 0.6) is 0 Å². The van der Waals surface area contributed by atoms with Gasteiger partial charge in [-0.3, -0.25) is 0 Å². The maximum Gasteiger partial charge on any atom is 0.190 e. The summed E-state index contributed by atoms with van der Waals surface area (Å²) in [6.07, 6.45) is -1.47. The molecule has 0 aromatic carbocycles. The first-order chi connectivity index (χ1) is 10.5. The normalized spacial score (nSPS) is 53.3. The van der Waals surface area contributed by atoms with Gasteiger partial charge in [0.15, 0.2) is 23.6 Å². The van der Waals surface area contributed by atoms with E-state index in [0.29, 0.717) is 13.0 Å². The lowest BCUT2D eigenvalue weighted by Crippen LogP contribution is -2.53. The smallest absolute Gasteiger partial charge is 0.190 e. The molecule has 0 radical (unpaired) electrons. The Morgan fingerprint density at radius 2 is 1.65 bits per heavy atom. The van der Waals surface area contributed by atoms with Crippen molar-refractivity contribution < 1.29 is 28.8 Å². The molecule has 4 rings (SSSR count). The molecule has 4 heterocycles. The third-order valence-corrected chi connectivity index (χ3v) is 4.76. The van der Waals surface area contributed by atoms with E-state index in [-0.39, 0.29) is 6.10 Å². The van der Waals surface area contributed by atoms with Gasteiger partial charge in [-0.05, 0) is 34.6 Å². The van der Waals surface area contributed by atoms with Gasteiger partial charge in [0.2, 0.25) is 0 Å². The van der Waals surface area contributed by atoms with Gasteiger partial charge in [-0.15, -0.1) is 0 Å². The molecule has 0 unspecified atom stereocenters. The van der Waals surface area contributed by atoms with Crippen molar-refractivity contribution in [2.24, 2.45) is 10.2 Å². The van der Waals surface area contributed by atoms with Gasteiger partial charge in [-0.1, -0.05) is 0 Å². The summed E-state index contributed by atoms with van der Waals surface area (Å²) in [5.41, 5.74) is -2.09. The van der Waals surface area contributed by atoms with Crippen molar-refractivity contribution in [1.29, 1.82) is 0 Å². The highest BCUT2D eigenvalue weighted by Gasteiger charge is 2.70. The van der Waals surface area contributed by atoms with Crippen molar-refractivity contribution in [2.75, 3.05) is 6.61 Å². The second kappa shape index (κ2) is 4.50. The summed E-state index contributed by atoms with van der Waals surface area (Å²) in [6, 6.07) is 0. The van der Waals surface area contributed by atoms with E-state index in [1.807, 2.05) is 27.7 Å². The van der Waals surface area contributed by atoms with Crippen LogP contribution in [0.4, 0.5) is 0 Å². The molecule has 0 bridgehead atoms. The topological polar surface area (TPSA) is 91.1 Å². The average molecular weight is 328 g/mol. The zero-order valence-corrected chi connectivity index (χ0v) is 14.1. The summed E-state index contributed by atoms with van der Waals surface area (Å²) < 4.78 is 29.6. The molecule has 1 spiro atoms. The number of rotatable bonds is 1. The molecule has 0 aromatic rings. The van der Waals surface area contributed by atoms with Gasteiger partial charge in [0.25, 0.3) is 0 Å². The molecule has 8 heteroatoms. The van der Waals surface area contributed by atoms with Gasteiger partial charge in [-0.25, -0.2) is 0 Å². The Bertz CT molecular complexity index is 548. The summed E-state index contributed by atoms with van der Waals surface area (Å²) in [6.45, 7) is 9.40. The Hall–Kier alpha value is -0.640. The highest BCUT2D eigenvalue weighted by molar-refractivity contribution is 5.17. The maximum atomic E-state index is 10.3. The number of azo groups is 1. The number of hydrogen-bond donors (Lipinski definition) is 1. The summed E-state index contributed by atoms with van der Waals surface area (Å²) in [7, 11) is 0. The SMILES string of the molecule is CC1(C)OC[C@H]([C@H]2O[C@@H]3OC(C)(C)O[C@@H]3[C@@]23C[C@@](C)(O)N=N3)O1. The first kappa shape index (κ1) is 15.9. The minimum absolute atomic E-state index is 0.297. The number of fused-ring (bicyclic) bond motifs is 2. The lowest BCUT2D eigenvalue weighted by Gasteiger charge is -2.34. The summed E-state index contributed by atoms with van der Waals surface area (Å²) in [4.78, 5) is 0. The molecular formula is C15H24N2O6.